The van der Waals surface area contributed by atoms with Gasteiger partial charge in [0, 0.05) is 13.1 Å². The lowest BCUT2D eigenvalue weighted by Gasteiger charge is -2.03. The van der Waals surface area contributed by atoms with Crippen LogP contribution >= 0.6 is 24.0 Å². The highest BCUT2D eigenvalue weighted by atomic mass is 32.2. The fraction of sp³-hybridized carbons (Fsp3) is 0.200. The molecule has 0 aliphatic carbocycles. The Hall–Kier alpha value is -1.07. The molecule has 1 amide bonds. The zero-order valence-electron chi connectivity index (χ0n) is 8.31. The Balaban J connectivity index is 2.29. The maximum atomic E-state index is 11.6. The summed E-state index contributed by atoms with van der Waals surface area (Å²) in [5, 5.41) is 0. The number of hydrogen-bond acceptors (Lipinski definition) is 4. The molecule has 0 spiro atoms. The van der Waals surface area contributed by atoms with Gasteiger partial charge in [0.25, 0.3) is 5.91 Å². The van der Waals surface area contributed by atoms with Crippen LogP contribution in [-0.4, -0.2) is 22.2 Å². The first kappa shape index (κ1) is 10.4. The van der Waals surface area contributed by atoms with Gasteiger partial charge in [0.2, 0.25) is 0 Å². The summed E-state index contributed by atoms with van der Waals surface area (Å²) in [6.07, 6.45) is 1.72. The minimum absolute atomic E-state index is 0.0703. The zero-order chi connectivity index (χ0) is 11.0. The Morgan fingerprint density at radius 3 is 2.73 bits per heavy atom. The summed E-state index contributed by atoms with van der Waals surface area (Å²) in [6.45, 7) is 1.86. The summed E-state index contributed by atoms with van der Waals surface area (Å²) < 4.78 is 5.94. The third-order valence-corrected chi connectivity index (χ3v) is 3.51. The quantitative estimate of drug-likeness (QED) is 0.556. The predicted octanol–water partition coefficient (Wildman–Crippen LogP) is 2.42. The van der Waals surface area contributed by atoms with E-state index in [4.69, 9.17) is 16.6 Å². The number of rotatable bonds is 1. The molecule has 1 aliphatic rings. The van der Waals surface area contributed by atoms with Crippen LogP contribution in [-0.2, 0) is 4.79 Å². The molecule has 0 N–H and O–H groups in total. The van der Waals surface area contributed by atoms with Crippen molar-refractivity contribution in [2.75, 3.05) is 7.05 Å². The maximum absolute atomic E-state index is 11.6. The van der Waals surface area contributed by atoms with E-state index in [9.17, 15) is 4.79 Å². The minimum Gasteiger partial charge on any atom is -0.462 e. The number of hydrogen-bond donors (Lipinski definition) is 0. The number of thiocarbonyl (C=S) groups is 1. The van der Waals surface area contributed by atoms with Crippen molar-refractivity contribution in [3.8, 4) is 0 Å². The Morgan fingerprint density at radius 1 is 1.53 bits per heavy atom. The van der Waals surface area contributed by atoms with Gasteiger partial charge in [0.1, 0.15) is 15.8 Å². The second kappa shape index (κ2) is 3.83. The van der Waals surface area contributed by atoms with E-state index in [1.165, 1.54) is 16.7 Å². The molecule has 0 radical (unpaired) electrons. The van der Waals surface area contributed by atoms with Crippen LogP contribution < -0.4 is 0 Å². The molecule has 5 heteroatoms. The van der Waals surface area contributed by atoms with Gasteiger partial charge < -0.3 is 4.42 Å². The summed E-state index contributed by atoms with van der Waals surface area (Å²) in [5.41, 5.74) is 0. The largest absolute Gasteiger partial charge is 0.462 e. The first-order valence-corrected chi connectivity index (χ1v) is 5.58. The van der Waals surface area contributed by atoms with Crippen molar-refractivity contribution < 1.29 is 9.21 Å². The average Bonchev–Trinajstić information content (AvgIpc) is 2.68. The first-order chi connectivity index (χ1) is 7.08. The molecular weight excluding hydrogens is 230 g/mol. The molecule has 0 saturated carbocycles. The van der Waals surface area contributed by atoms with Crippen LogP contribution in [0.5, 0.6) is 0 Å². The van der Waals surface area contributed by atoms with Crippen LogP contribution in [0.3, 0.4) is 0 Å². The van der Waals surface area contributed by atoms with Gasteiger partial charge in [-0.05, 0) is 19.1 Å². The first-order valence-electron chi connectivity index (χ1n) is 4.36. The number of carbonyl (C=O) groups excluding carboxylic acids is 1. The molecule has 3 nitrogen and oxygen atoms in total. The Bertz CT molecular complexity index is 462. The fourth-order valence-corrected chi connectivity index (χ4v) is 2.37. The summed E-state index contributed by atoms with van der Waals surface area (Å²) in [4.78, 5) is 13.7. The topological polar surface area (TPSA) is 33.5 Å². The predicted molar refractivity (Wildman–Crippen MR) is 64.4 cm³/mol. The summed E-state index contributed by atoms with van der Waals surface area (Å²) >= 11 is 6.31. The van der Waals surface area contributed by atoms with Gasteiger partial charge in [-0.15, -0.1) is 0 Å². The van der Waals surface area contributed by atoms with Crippen LogP contribution in [0.15, 0.2) is 21.5 Å². The monoisotopic (exact) mass is 239 g/mol. The second-order valence-corrected chi connectivity index (χ2v) is 4.86. The molecule has 1 aromatic heterocycles. The Morgan fingerprint density at radius 2 is 2.27 bits per heavy atom. The number of likely N-dealkylation sites (N-methyl/N-ethyl adjacent to an activating group) is 1. The van der Waals surface area contributed by atoms with E-state index in [1.54, 1.807) is 13.1 Å². The smallest absolute Gasteiger partial charge is 0.266 e. The van der Waals surface area contributed by atoms with Gasteiger partial charge in [-0.1, -0.05) is 24.0 Å². The SMILES string of the molecule is Cc1ccc(/C=C2/SC(=S)N(C)C2=O)o1. The highest BCUT2D eigenvalue weighted by Crippen LogP contribution is 2.31. The maximum Gasteiger partial charge on any atom is 0.266 e. The second-order valence-electron chi connectivity index (χ2n) is 3.19. The number of aryl methyl sites for hydroxylation is 1. The van der Waals surface area contributed by atoms with E-state index in [0.717, 1.165) is 5.76 Å². The van der Waals surface area contributed by atoms with Crippen molar-refractivity contribution in [1.29, 1.82) is 0 Å². The standard InChI is InChI=1S/C10H9NO2S2/c1-6-3-4-7(13-6)5-8-9(12)11(2)10(14)15-8/h3-5H,1-2H3/b8-5+. The van der Waals surface area contributed by atoms with Crippen molar-refractivity contribution in [3.63, 3.8) is 0 Å². The van der Waals surface area contributed by atoms with Gasteiger partial charge in [0.15, 0.2) is 0 Å². The van der Waals surface area contributed by atoms with Gasteiger partial charge in [0.05, 0.1) is 4.91 Å². The minimum atomic E-state index is -0.0703. The van der Waals surface area contributed by atoms with Crippen LogP contribution in [0, 0.1) is 6.92 Å². The Labute approximate surface area is 97.1 Å². The van der Waals surface area contributed by atoms with E-state index >= 15 is 0 Å². The van der Waals surface area contributed by atoms with Crippen LogP contribution in [0.2, 0.25) is 0 Å². The van der Waals surface area contributed by atoms with E-state index in [0.29, 0.717) is 15.0 Å². The van der Waals surface area contributed by atoms with Crippen molar-refractivity contribution >= 4 is 40.3 Å². The number of furan rings is 1. The number of amides is 1. The van der Waals surface area contributed by atoms with E-state index in [-0.39, 0.29) is 5.91 Å². The molecule has 1 fully saturated rings. The molecule has 1 aromatic rings. The summed E-state index contributed by atoms with van der Waals surface area (Å²) in [6, 6.07) is 3.69. The number of thioether (sulfide) groups is 1. The third kappa shape index (κ3) is 1.98. The Kier molecular flexibility index (Phi) is 2.67. The fourth-order valence-electron chi connectivity index (χ4n) is 1.21. The molecule has 1 aliphatic heterocycles. The van der Waals surface area contributed by atoms with Crippen LogP contribution in [0.1, 0.15) is 11.5 Å². The molecule has 0 atom stereocenters. The molecule has 1 saturated heterocycles. The molecule has 0 unspecified atom stereocenters. The lowest BCUT2D eigenvalue weighted by Crippen LogP contribution is -2.22. The van der Waals surface area contributed by atoms with Gasteiger partial charge in [-0.2, -0.15) is 0 Å². The number of carbonyl (C=O) groups is 1. The van der Waals surface area contributed by atoms with E-state index < -0.39 is 0 Å². The lowest BCUT2D eigenvalue weighted by molar-refractivity contribution is -0.121. The van der Waals surface area contributed by atoms with Crippen molar-refractivity contribution in [2.24, 2.45) is 0 Å². The third-order valence-electron chi connectivity index (χ3n) is 2.02. The highest BCUT2D eigenvalue weighted by molar-refractivity contribution is 8.26. The zero-order valence-corrected chi connectivity index (χ0v) is 9.95. The van der Waals surface area contributed by atoms with E-state index in [1.807, 2.05) is 19.1 Å². The molecule has 78 valence electrons. The highest BCUT2D eigenvalue weighted by Gasteiger charge is 2.28. The molecule has 2 heterocycles. The van der Waals surface area contributed by atoms with Crippen molar-refractivity contribution in [3.05, 3.63) is 28.6 Å². The summed E-state index contributed by atoms with van der Waals surface area (Å²) in [5.74, 6) is 1.44. The molecular formula is C10H9NO2S2. The molecule has 2 rings (SSSR count). The van der Waals surface area contributed by atoms with Gasteiger partial charge >= 0.3 is 0 Å². The van der Waals surface area contributed by atoms with Crippen molar-refractivity contribution in [2.45, 2.75) is 6.92 Å². The van der Waals surface area contributed by atoms with Crippen molar-refractivity contribution in [1.82, 2.24) is 4.90 Å². The van der Waals surface area contributed by atoms with Crippen LogP contribution in [0.4, 0.5) is 0 Å². The normalized spacial score (nSPS) is 19.3. The number of nitrogens with zero attached hydrogens (tertiary/aromatic N) is 1. The van der Waals surface area contributed by atoms with Crippen LogP contribution in [0.25, 0.3) is 6.08 Å². The van der Waals surface area contributed by atoms with E-state index in [2.05, 4.69) is 0 Å². The van der Waals surface area contributed by atoms with Gasteiger partial charge in [-0.3, -0.25) is 9.69 Å². The van der Waals surface area contributed by atoms with Gasteiger partial charge in [-0.25, -0.2) is 0 Å². The molecule has 0 aromatic carbocycles. The lowest BCUT2D eigenvalue weighted by atomic mass is 10.3. The molecule has 15 heavy (non-hydrogen) atoms. The summed E-state index contributed by atoms with van der Waals surface area (Å²) in [7, 11) is 1.67. The average molecular weight is 239 g/mol. The molecule has 0 bridgehead atoms.